The third-order valence-electron chi connectivity index (χ3n) is 7.07. The van der Waals surface area contributed by atoms with Gasteiger partial charge in [0.25, 0.3) is 0 Å². The fourth-order valence-corrected chi connectivity index (χ4v) is 5.03. The highest BCUT2D eigenvalue weighted by Gasteiger charge is 2.28. The average molecular weight is 600 g/mol. The molecule has 2 amide bonds. The van der Waals surface area contributed by atoms with E-state index in [-0.39, 0.29) is 23.7 Å². The number of ether oxygens (including phenoxy) is 3. The van der Waals surface area contributed by atoms with Crippen LogP contribution in [0.15, 0.2) is 60.7 Å². The smallest absolute Gasteiger partial charge is 0.407 e. The number of benzene rings is 3. The van der Waals surface area contributed by atoms with Crippen LogP contribution >= 0.6 is 0 Å². The number of carbonyl (C=O) groups is 2. The topological polar surface area (TPSA) is 190 Å². The first-order valence-electron chi connectivity index (χ1n) is 14.4. The van der Waals surface area contributed by atoms with Crippen molar-refractivity contribution in [2.75, 3.05) is 11.1 Å². The van der Waals surface area contributed by atoms with E-state index in [2.05, 4.69) is 20.6 Å². The fraction of sp³-hybridized carbons (Fsp3) is 0.312. The molecule has 230 valence electrons. The van der Waals surface area contributed by atoms with E-state index in [1.165, 1.54) is 0 Å². The summed E-state index contributed by atoms with van der Waals surface area (Å²) in [4.78, 5) is 32.7. The van der Waals surface area contributed by atoms with Crippen LogP contribution in [-0.2, 0) is 9.53 Å². The number of aromatic amines is 1. The van der Waals surface area contributed by atoms with Gasteiger partial charge in [0.05, 0.1) is 11.0 Å². The summed E-state index contributed by atoms with van der Waals surface area (Å²) < 4.78 is 17.6. The molecule has 0 aliphatic heterocycles. The van der Waals surface area contributed by atoms with Crippen molar-refractivity contribution in [3.8, 4) is 23.0 Å². The Morgan fingerprint density at radius 1 is 0.909 bits per heavy atom. The van der Waals surface area contributed by atoms with E-state index >= 15 is 0 Å². The molecule has 1 aliphatic carbocycles. The summed E-state index contributed by atoms with van der Waals surface area (Å²) in [5, 5.41) is 13.5. The van der Waals surface area contributed by atoms with E-state index < -0.39 is 11.7 Å². The summed E-state index contributed by atoms with van der Waals surface area (Å²) >= 11 is 0. The molecule has 44 heavy (non-hydrogen) atoms. The molecule has 1 saturated carbocycles. The molecule has 4 aromatic rings. The maximum absolute atomic E-state index is 13.3. The van der Waals surface area contributed by atoms with Gasteiger partial charge in [-0.1, -0.05) is 0 Å². The number of hydrogen-bond donors (Lipinski definition) is 6. The third-order valence-corrected chi connectivity index (χ3v) is 7.07. The molecule has 8 N–H and O–H groups in total. The second-order valence-electron chi connectivity index (χ2n) is 11.8. The zero-order chi connectivity index (χ0) is 31.4. The maximum atomic E-state index is 13.3. The number of nitrogens with one attached hydrogen (secondary N) is 4. The van der Waals surface area contributed by atoms with Gasteiger partial charge < -0.3 is 41.3 Å². The highest BCUT2D eigenvalue weighted by Crippen LogP contribution is 2.34. The van der Waals surface area contributed by atoms with E-state index in [0.29, 0.717) is 71.4 Å². The van der Waals surface area contributed by atoms with Gasteiger partial charge in [-0.25, -0.2) is 9.78 Å². The van der Waals surface area contributed by atoms with Crippen molar-refractivity contribution in [2.24, 2.45) is 11.7 Å². The van der Waals surface area contributed by atoms with E-state index in [4.69, 9.17) is 31.1 Å². The number of rotatable bonds is 8. The zero-order valence-corrected chi connectivity index (χ0v) is 24.9. The Bertz CT molecular complexity index is 1670. The number of H-pyrrole nitrogens is 1. The minimum atomic E-state index is -0.570. The number of aromatic nitrogens is 2. The molecule has 5 rings (SSSR count). The van der Waals surface area contributed by atoms with Crippen molar-refractivity contribution in [3.05, 3.63) is 66.2 Å². The van der Waals surface area contributed by atoms with E-state index in [9.17, 15) is 9.59 Å². The van der Waals surface area contributed by atoms with Crippen LogP contribution in [0.5, 0.6) is 23.0 Å². The zero-order valence-electron chi connectivity index (χ0n) is 24.9. The molecule has 0 bridgehead atoms. The van der Waals surface area contributed by atoms with Gasteiger partial charge >= 0.3 is 6.09 Å². The van der Waals surface area contributed by atoms with Crippen LogP contribution in [0.2, 0.25) is 0 Å². The molecule has 0 spiro atoms. The van der Waals surface area contributed by atoms with Crippen LogP contribution in [0, 0.1) is 11.3 Å². The molecular formula is C32H37N7O5. The molecular weight excluding hydrogens is 562 g/mol. The highest BCUT2D eigenvalue weighted by atomic mass is 16.6. The van der Waals surface area contributed by atoms with Gasteiger partial charge in [0.15, 0.2) is 5.95 Å². The first kappa shape index (κ1) is 30.2. The van der Waals surface area contributed by atoms with Crippen molar-refractivity contribution in [2.45, 2.75) is 58.1 Å². The highest BCUT2D eigenvalue weighted by molar-refractivity contribution is 5.95. The molecule has 0 atom stereocenters. The number of alkyl carbamates (subject to hydrolysis) is 1. The Morgan fingerprint density at radius 2 is 1.55 bits per heavy atom. The number of imidazole rings is 1. The van der Waals surface area contributed by atoms with Gasteiger partial charge in [-0.05, 0) is 82.9 Å². The van der Waals surface area contributed by atoms with E-state index in [1.54, 1.807) is 60.7 Å². The molecule has 12 nitrogen and oxygen atoms in total. The molecule has 1 heterocycles. The summed E-state index contributed by atoms with van der Waals surface area (Å²) in [6.45, 7) is 5.47. The van der Waals surface area contributed by atoms with Crippen molar-refractivity contribution in [1.82, 2.24) is 15.3 Å². The molecule has 1 aromatic heterocycles. The van der Waals surface area contributed by atoms with Gasteiger partial charge in [0, 0.05) is 47.5 Å². The molecule has 0 radical (unpaired) electrons. The quantitative estimate of drug-likeness (QED) is 0.104. The van der Waals surface area contributed by atoms with Crippen LogP contribution < -0.4 is 31.6 Å². The Kier molecular flexibility index (Phi) is 8.61. The Balaban J connectivity index is 1.30. The summed E-state index contributed by atoms with van der Waals surface area (Å²) in [7, 11) is 0. The lowest BCUT2D eigenvalue weighted by Gasteiger charge is -2.29. The van der Waals surface area contributed by atoms with Crippen LogP contribution in [0.3, 0.4) is 0 Å². The van der Waals surface area contributed by atoms with Gasteiger partial charge in [0.1, 0.15) is 34.4 Å². The largest absolute Gasteiger partial charge is 0.457 e. The summed E-state index contributed by atoms with van der Waals surface area (Å²) in [6, 6.07) is 17.3. The van der Waals surface area contributed by atoms with Crippen molar-refractivity contribution in [1.29, 1.82) is 5.41 Å². The number of anilines is 2. The summed E-state index contributed by atoms with van der Waals surface area (Å²) in [5.41, 5.74) is 13.3. The Morgan fingerprint density at radius 3 is 2.18 bits per heavy atom. The number of nitrogens with two attached hydrogens (primary N) is 2. The lowest BCUT2D eigenvalue weighted by Crippen LogP contribution is -2.42. The summed E-state index contributed by atoms with van der Waals surface area (Å²) in [6.07, 6.45) is 2.15. The lowest BCUT2D eigenvalue weighted by molar-refractivity contribution is -0.120. The van der Waals surface area contributed by atoms with Gasteiger partial charge in [0.2, 0.25) is 5.91 Å². The third kappa shape index (κ3) is 7.97. The first-order valence-corrected chi connectivity index (χ1v) is 14.4. The fourth-order valence-electron chi connectivity index (χ4n) is 5.03. The van der Waals surface area contributed by atoms with Crippen molar-refractivity contribution < 1.29 is 23.8 Å². The van der Waals surface area contributed by atoms with Gasteiger partial charge in [-0.15, -0.1) is 0 Å². The molecule has 1 aliphatic rings. The van der Waals surface area contributed by atoms with Gasteiger partial charge in [-0.3, -0.25) is 10.2 Å². The number of nitrogens with zero attached hydrogens (tertiary/aromatic N) is 1. The van der Waals surface area contributed by atoms with Crippen molar-refractivity contribution >= 4 is 40.5 Å². The van der Waals surface area contributed by atoms with Crippen LogP contribution in [0.4, 0.5) is 16.4 Å². The summed E-state index contributed by atoms with van der Waals surface area (Å²) in [5.74, 6) is 1.87. The monoisotopic (exact) mass is 599 g/mol. The number of carbonyl (C=O) groups excluding carboxylic acids is 2. The molecule has 12 heteroatoms. The lowest BCUT2D eigenvalue weighted by atomic mass is 9.85. The number of nitrogen functional groups attached to an aromatic ring is 2. The molecule has 0 unspecified atom stereocenters. The Hall–Kier alpha value is -5.26. The van der Waals surface area contributed by atoms with Gasteiger partial charge in [-0.2, -0.15) is 0 Å². The van der Waals surface area contributed by atoms with Crippen LogP contribution in [0.1, 0.15) is 52.0 Å². The predicted molar refractivity (Wildman–Crippen MR) is 168 cm³/mol. The number of amidine groups is 1. The van der Waals surface area contributed by atoms with E-state index in [0.717, 1.165) is 5.52 Å². The average Bonchev–Trinajstić information content (AvgIpc) is 3.32. The number of hydrogen-bond acceptors (Lipinski definition) is 8. The first-order chi connectivity index (χ1) is 20.9. The second kappa shape index (κ2) is 12.5. The van der Waals surface area contributed by atoms with E-state index in [1.807, 2.05) is 20.8 Å². The standard InChI is InChI=1S/C32H37N7O5/c1-32(2,3)44-31(41)37-20-8-4-19(5-9-20)29(40)36-21-14-24(42-22-10-6-18(7-11-22)28(33)34)16-25(15-21)43-23-12-13-26-27(17-23)39-30(35)38-26/h6-7,10-17,19-20H,4-5,8-9H2,1-3H3,(H3,33,34)(H,36,40)(H,37,41)(H3,35,38,39). The Labute approximate surface area is 255 Å². The SMILES string of the molecule is CC(C)(C)OC(=O)NC1CCC(C(=O)Nc2cc(Oc3ccc(C(=N)N)cc3)cc(Oc3ccc4nc(N)[nH]c4c3)c2)CC1. The maximum Gasteiger partial charge on any atom is 0.407 e. The predicted octanol–water partition coefficient (Wildman–Crippen LogP) is 6.04. The minimum absolute atomic E-state index is 0.0393. The number of amides is 2. The van der Waals surface area contributed by atoms with Crippen LogP contribution in [-0.4, -0.2) is 39.4 Å². The minimum Gasteiger partial charge on any atom is -0.457 e. The molecule has 1 fully saturated rings. The number of fused-ring (bicyclic) bond motifs is 1. The molecule has 0 saturated heterocycles. The van der Waals surface area contributed by atoms with Crippen LogP contribution in [0.25, 0.3) is 11.0 Å². The van der Waals surface area contributed by atoms with Crippen molar-refractivity contribution in [3.63, 3.8) is 0 Å². The molecule has 3 aromatic carbocycles. The second-order valence-corrected chi connectivity index (χ2v) is 11.8. The normalized spacial score (nSPS) is 16.6.